The molecular weight excluding hydrogens is 384 g/mol. The fraction of sp³-hybridized carbons (Fsp3) is 0.500. The minimum absolute atomic E-state index is 0.0566. The molecule has 3 amide bonds. The Morgan fingerprint density at radius 2 is 2.07 bits per heavy atom. The number of carbonyl (C=O) groups is 3. The molecule has 0 radical (unpaired) electrons. The highest BCUT2D eigenvalue weighted by atomic mass is 32.1. The normalized spacial score (nSPS) is 16.1. The van der Waals surface area contributed by atoms with Crippen molar-refractivity contribution in [1.29, 1.82) is 0 Å². The quantitative estimate of drug-likeness (QED) is 0.739. The van der Waals surface area contributed by atoms with E-state index >= 15 is 0 Å². The van der Waals surface area contributed by atoms with Gasteiger partial charge in [-0.2, -0.15) is 0 Å². The molecule has 0 spiro atoms. The Bertz CT molecular complexity index is 1010. The molecule has 0 unspecified atom stereocenters. The molecule has 1 aliphatic carbocycles. The number of amides is 3. The van der Waals surface area contributed by atoms with Crippen LogP contribution in [0.2, 0.25) is 0 Å². The fourth-order valence-corrected chi connectivity index (χ4v) is 4.77. The molecule has 4 rings (SSSR count). The van der Waals surface area contributed by atoms with E-state index in [9.17, 15) is 19.2 Å². The van der Waals surface area contributed by atoms with Crippen molar-refractivity contribution in [3.05, 3.63) is 27.1 Å². The van der Waals surface area contributed by atoms with Crippen molar-refractivity contribution in [3.63, 3.8) is 0 Å². The van der Waals surface area contributed by atoms with Gasteiger partial charge in [0.25, 0.3) is 11.5 Å². The largest absolute Gasteiger partial charge is 0.455 e. The van der Waals surface area contributed by atoms with E-state index in [0.29, 0.717) is 11.9 Å². The molecular formula is C18H20N4O5S. The molecule has 148 valence electrons. The number of urea groups is 1. The summed E-state index contributed by atoms with van der Waals surface area (Å²) in [5.41, 5.74) is 0.970. The molecule has 2 aromatic heterocycles. The lowest BCUT2D eigenvalue weighted by Crippen LogP contribution is -2.37. The molecule has 1 N–H and O–H groups in total. The zero-order valence-electron chi connectivity index (χ0n) is 15.2. The predicted octanol–water partition coefficient (Wildman–Crippen LogP) is 0.822. The first-order chi connectivity index (χ1) is 13.5. The van der Waals surface area contributed by atoms with Crippen LogP contribution in [0.1, 0.15) is 29.7 Å². The van der Waals surface area contributed by atoms with Crippen LogP contribution in [0, 0.1) is 0 Å². The Balaban J connectivity index is 1.38. The smallest absolute Gasteiger partial charge is 0.324 e. The lowest BCUT2D eigenvalue weighted by molar-refractivity contribution is -0.150. The lowest BCUT2D eigenvalue weighted by Gasteiger charge is -2.12. The number of aryl methyl sites for hydroxylation is 3. The van der Waals surface area contributed by atoms with Crippen molar-refractivity contribution in [2.45, 2.75) is 38.6 Å². The third kappa shape index (κ3) is 3.51. The highest BCUT2D eigenvalue weighted by Crippen LogP contribution is 2.33. The molecule has 0 saturated carbocycles. The molecule has 1 saturated heterocycles. The topological polar surface area (TPSA) is 111 Å². The molecule has 0 aromatic carbocycles. The number of imide groups is 1. The Labute approximate surface area is 164 Å². The summed E-state index contributed by atoms with van der Waals surface area (Å²) in [5.74, 6) is -1.17. The first-order valence-electron chi connectivity index (χ1n) is 9.28. The lowest BCUT2D eigenvalue weighted by atomic mass is 9.97. The number of thiophene rings is 1. The Kier molecular flexibility index (Phi) is 5.12. The van der Waals surface area contributed by atoms with Gasteiger partial charge in [-0.05, 0) is 31.2 Å². The number of fused-ring (bicyclic) bond motifs is 3. The second-order valence-electron chi connectivity index (χ2n) is 6.82. The SMILES string of the molecule is O=C(CCn1cnc2sc3c(c2c1=O)CCCC3)OCC(=O)N1CCNC1=O. The van der Waals surface area contributed by atoms with E-state index in [0.717, 1.165) is 41.0 Å². The van der Waals surface area contributed by atoms with Crippen molar-refractivity contribution in [3.8, 4) is 0 Å². The number of aromatic nitrogens is 2. The van der Waals surface area contributed by atoms with E-state index < -0.39 is 24.5 Å². The van der Waals surface area contributed by atoms with Gasteiger partial charge in [-0.1, -0.05) is 0 Å². The Hall–Kier alpha value is -2.75. The second kappa shape index (κ2) is 7.70. The summed E-state index contributed by atoms with van der Waals surface area (Å²) in [5, 5.41) is 3.18. The van der Waals surface area contributed by atoms with Crippen LogP contribution >= 0.6 is 11.3 Å². The van der Waals surface area contributed by atoms with E-state index in [1.165, 1.54) is 15.8 Å². The minimum atomic E-state index is -0.604. The summed E-state index contributed by atoms with van der Waals surface area (Å²) < 4.78 is 6.36. The molecule has 2 aliphatic rings. The van der Waals surface area contributed by atoms with Gasteiger partial charge in [0.1, 0.15) is 4.83 Å². The van der Waals surface area contributed by atoms with Crippen LogP contribution in [0.25, 0.3) is 10.2 Å². The Morgan fingerprint density at radius 3 is 2.86 bits per heavy atom. The molecule has 3 heterocycles. The third-order valence-electron chi connectivity index (χ3n) is 5.01. The summed E-state index contributed by atoms with van der Waals surface area (Å²) in [6.07, 6.45) is 5.49. The molecule has 1 aliphatic heterocycles. The number of hydrogen-bond acceptors (Lipinski definition) is 7. The molecule has 10 heteroatoms. The number of esters is 1. The van der Waals surface area contributed by atoms with Crippen molar-refractivity contribution in [1.82, 2.24) is 19.8 Å². The van der Waals surface area contributed by atoms with Crippen molar-refractivity contribution >= 4 is 39.5 Å². The maximum atomic E-state index is 12.8. The average Bonchev–Trinajstić information content (AvgIpc) is 3.29. The van der Waals surface area contributed by atoms with Crippen LogP contribution < -0.4 is 10.9 Å². The maximum absolute atomic E-state index is 12.8. The van der Waals surface area contributed by atoms with E-state index in [1.807, 2.05) is 0 Å². The molecule has 28 heavy (non-hydrogen) atoms. The second-order valence-corrected chi connectivity index (χ2v) is 7.91. The standard InChI is InChI=1S/C18H20N4O5S/c23-13(22-8-6-19-18(22)26)9-27-14(24)5-7-21-10-20-16-15(17(21)25)11-3-1-2-4-12(11)28-16/h10H,1-9H2,(H,19,26). The van der Waals surface area contributed by atoms with Crippen LogP contribution in [-0.2, 0) is 33.7 Å². The average molecular weight is 404 g/mol. The summed E-state index contributed by atoms with van der Waals surface area (Å²) >= 11 is 1.58. The van der Waals surface area contributed by atoms with Gasteiger partial charge in [-0.25, -0.2) is 9.78 Å². The zero-order chi connectivity index (χ0) is 19.7. The van der Waals surface area contributed by atoms with Crippen LogP contribution in [0.5, 0.6) is 0 Å². The summed E-state index contributed by atoms with van der Waals surface area (Å²) in [6, 6.07) is -0.480. The molecule has 1 fully saturated rings. The van der Waals surface area contributed by atoms with Gasteiger partial charge in [0.2, 0.25) is 0 Å². The van der Waals surface area contributed by atoms with E-state index in [2.05, 4.69) is 10.3 Å². The predicted molar refractivity (Wildman–Crippen MR) is 101 cm³/mol. The van der Waals surface area contributed by atoms with Crippen molar-refractivity contribution < 1.29 is 19.1 Å². The fourth-order valence-electron chi connectivity index (χ4n) is 3.55. The van der Waals surface area contributed by atoms with Crippen LogP contribution in [0.3, 0.4) is 0 Å². The number of hydrogen-bond donors (Lipinski definition) is 1. The number of rotatable bonds is 5. The number of nitrogens with zero attached hydrogens (tertiary/aromatic N) is 3. The van der Waals surface area contributed by atoms with Crippen LogP contribution in [-0.4, -0.2) is 52.1 Å². The first-order valence-corrected chi connectivity index (χ1v) is 10.1. The highest BCUT2D eigenvalue weighted by molar-refractivity contribution is 7.18. The van der Waals surface area contributed by atoms with Gasteiger partial charge < -0.3 is 10.1 Å². The van der Waals surface area contributed by atoms with Crippen LogP contribution in [0.15, 0.2) is 11.1 Å². The van der Waals surface area contributed by atoms with Crippen molar-refractivity contribution in [2.24, 2.45) is 0 Å². The van der Waals surface area contributed by atoms with Gasteiger partial charge in [0.05, 0.1) is 18.1 Å². The van der Waals surface area contributed by atoms with E-state index in [4.69, 9.17) is 4.74 Å². The zero-order valence-corrected chi connectivity index (χ0v) is 16.0. The molecule has 2 aromatic rings. The van der Waals surface area contributed by atoms with Gasteiger partial charge in [0.15, 0.2) is 6.61 Å². The van der Waals surface area contributed by atoms with Gasteiger partial charge in [0, 0.05) is 24.5 Å². The van der Waals surface area contributed by atoms with Crippen molar-refractivity contribution in [2.75, 3.05) is 19.7 Å². The molecule has 0 atom stereocenters. The number of ether oxygens (including phenoxy) is 1. The first kappa shape index (κ1) is 18.6. The Morgan fingerprint density at radius 1 is 1.25 bits per heavy atom. The third-order valence-corrected chi connectivity index (χ3v) is 6.21. The van der Waals surface area contributed by atoms with Crippen LogP contribution in [0.4, 0.5) is 4.79 Å². The highest BCUT2D eigenvalue weighted by Gasteiger charge is 2.26. The number of carbonyl (C=O) groups excluding carboxylic acids is 3. The molecule has 0 bridgehead atoms. The van der Waals surface area contributed by atoms with Gasteiger partial charge in [-0.15, -0.1) is 11.3 Å². The molecule has 9 nitrogen and oxygen atoms in total. The van der Waals surface area contributed by atoms with E-state index in [1.54, 1.807) is 11.3 Å². The van der Waals surface area contributed by atoms with Gasteiger partial charge >= 0.3 is 12.0 Å². The minimum Gasteiger partial charge on any atom is -0.455 e. The maximum Gasteiger partial charge on any atom is 0.324 e. The monoisotopic (exact) mass is 404 g/mol. The van der Waals surface area contributed by atoms with E-state index in [-0.39, 0.29) is 25.1 Å². The summed E-state index contributed by atoms with van der Waals surface area (Å²) in [6.45, 7) is 0.296. The summed E-state index contributed by atoms with van der Waals surface area (Å²) in [7, 11) is 0. The van der Waals surface area contributed by atoms with Gasteiger partial charge in [-0.3, -0.25) is 23.9 Å². The number of nitrogens with one attached hydrogen (secondary N) is 1. The summed E-state index contributed by atoms with van der Waals surface area (Å²) in [4.78, 5) is 55.4.